The highest BCUT2D eigenvalue weighted by molar-refractivity contribution is 6.30. The quantitative estimate of drug-likeness (QED) is 0.899. The Labute approximate surface area is 146 Å². The summed E-state index contributed by atoms with van der Waals surface area (Å²) < 4.78 is 5.36. The molecule has 0 aliphatic carbocycles. The van der Waals surface area contributed by atoms with Crippen LogP contribution in [0.4, 0.5) is 0 Å². The van der Waals surface area contributed by atoms with Gasteiger partial charge in [-0.1, -0.05) is 16.8 Å². The Hall–Kier alpha value is -1.92. The maximum absolute atomic E-state index is 12.0. The number of halogens is 1. The number of rotatable bonds is 5. The number of likely N-dealkylation sites (tertiary alicyclic amines) is 1. The van der Waals surface area contributed by atoms with E-state index in [0.29, 0.717) is 29.8 Å². The molecule has 1 aliphatic heterocycles. The first kappa shape index (κ1) is 16.9. The largest absolute Gasteiger partial charge is 0.356 e. The van der Waals surface area contributed by atoms with Crippen LogP contribution in [-0.4, -0.2) is 40.6 Å². The zero-order chi connectivity index (χ0) is 16.9. The van der Waals surface area contributed by atoms with Crippen molar-refractivity contribution in [2.45, 2.75) is 26.3 Å². The molecule has 0 spiro atoms. The fourth-order valence-electron chi connectivity index (χ4n) is 2.96. The standard InChI is InChI=1S/C17H21ClN4O2/c1-2-19-17(23)13-4-3-9-22(10-13)11-15-20-16(21-24-15)12-5-7-14(18)8-6-12/h5-8,13H,2-4,9-11H2,1H3,(H,19,23). The van der Waals surface area contributed by atoms with Crippen molar-refractivity contribution in [3.8, 4) is 11.4 Å². The Balaban J connectivity index is 1.62. The van der Waals surface area contributed by atoms with Crippen molar-refractivity contribution in [2.24, 2.45) is 5.92 Å². The Bertz CT molecular complexity index is 686. The third-order valence-electron chi connectivity index (χ3n) is 4.16. The van der Waals surface area contributed by atoms with Crippen molar-refractivity contribution in [3.05, 3.63) is 35.2 Å². The maximum atomic E-state index is 12.0. The summed E-state index contributed by atoms with van der Waals surface area (Å²) in [5, 5.41) is 7.61. The third-order valence-corrected chi connectivity index (χ3v) is 4.41. The van der Waals surface area contributed by atoms with E-state index in [4.69, 9.17) is 16.1 Å². The van der Waals surface area contributed by atoms with E-state index in [1.807, 2.05) is 19.1 Å². The molecule has 1 unspecified atom stereocenters. The summed E-state index contributed by atoms with van der Waals surface area (Å²) in [5.41, 5.74) is 0.869. The van der Waals surface area contributed by atoms with Crippen LogP contribution in [0.1, 0.15) is 25.7 Å². The van der Waals surface area contributed by atoms with E-state index < -0.39 is 0 Å². The Morgan fingerprint density at radius 2 is 2.21 bits per heavy atom. The molecule has 1 aliphatic rings. The summed E-state index contributed by atoms with van der Waals surface area (Å²) in [6, 6.07) is 7.33. The molecule has 24 heavy (non-hydrogen) atoms. The number of benzene rings is 1. The van der Waals surface area contributed by atoms with Gasteiger partial charge >= 0.3 is 0 Å². The molecule has 7 heteroatoms. The predicted molar refractivity (Wildman–Crippen MR) is 91.4 cm³/mol. The SMILES string of the molecule is CCNC(=O)C1CCCN(Cc2nc(-c3ccc(Cl)cc3)no2)C1. The van der Waals surface area contributed by atoms with E-state index in [0.717, 1.165) is 31.5 Å². The molecule has 0 radical (unpaired) electrons. The Morgan fingerprint density at radius 1 is 1.42 bits per heavy atom. The molecule has 1 amide bonds. The normalized spacial score (nSPS) is 18.5. The van der Waals surface area contributed by atoms with E-state index in [9.17, 15) is 4.79 Å². The average Bonchev–Trinajstić information content (AvgIpc) is 3.04. The van der Waals surface area contributed by atoms with Crippen molar-refractivity contribution in [2.75, 3.05) is 19.6 Å². The van der Waals surface area contributed by atoms with E-state index >= 15 is 0 Å². The molecule has 0 saturated carbocycles. The molecule has 1 atom stereocenters. The number of hydrogen-bond acceptors (Lipinski definition) is 5. The lowest BCUT2D eigenvalue weighted by Gasteiger charge is -2.30. The molecule has 1 saturated heterocycles. The number of hydrogen-bond donors (Lipinski definition) is 1. The summed E-state index contributed by atoms with van der Waals surface area (Å²) in [6.45, 7) is 4.84. The zero-order valence-corrected chi connectivity index (χ0v) is 14.4. The lowest BCUT2D eigenvalue weighted by atomic mass is 9.97. The summed E-state index contributed by atoms with van der Waals surface area (Å²) >= 11 is 5.89. The number of carbonyl (C=O) groups is 1. The van der Waals surface area contributed by atoms with E-state index in [1.165, 1.54) is 0 Å². The molecular weight excluding hydrogens is 328 g/mol. The Kier molecular flexibility index (Phi) is 5.48. The summed E-state index contributed by atoms with van der Waals surface area (Å²) in [7, 11) is 0. The highest BCUT2D eigenvalue weighted by atomic mass is 35.5. The van der Waals surface area contributed by atoms with Gasteiger partial charge < -0.3 is 9.84 Å². The van der Waals surface area contributed by atoms with Crippen LogP contribution in [0.3, 0.4) is 0 Å². The average molecular weight is 349 g/mol. The van der Waals surface area contributed by atoms with Crippen LogP contribution in [0.25, 0.3) is 11.4 Å². The number of nitrogens with one attached hydrogen (secondary N) is 1. The topological polar surface area (TPSA) is 71.3 Å². The van der Waals surface area contributed by atoms with Gasteiger partial charge in [0.1, 0.15) is 0 Å². The van der Waals surface area contributed by atoms with Crippen molar-refractivity contribution < 1.29 is 9.32 Å². The van der Waals surface area contributed by atoms with Crippen LogP contribution in [-0.2, 0) is 11.3 Å². The van der Waals surface area contributed by atoms with E-state index in [2.05, 4.69) is 20.4 Å². The lowest BCUT2D eigenvalue weighted by Crippen LogP contribution is -2.42. The van der Waals surface area contributed by atoms with Gasteiger partial charge in [0, 0.05) is 23.7 Å². The van der Waals surface area contributed by atoms with E-state index in [1.54, 1.807) is 12.1 Å². The number of nitrogens with zero attached hydrogens (tertiary/aromatic N) is 3. The predicted octanol–water partition coefficient (Wildman–Crippen LogP) is 2.74. The molecule has 128 valence electrons. The first-order valence-corrected chi connectivity index (χ1v) is 8.62. The van der Waals surface area contributed by atoms with Crippen LogP contribution in [0.5, 0.6) is 0 Å². The van der Waals surface area contributed by atoms with Crippen LogP contribution >= 0.6 is 11.6 Å². The van der Waals surface area contributed by atoms with Crippen LogP contribution in [0, 0.1) is 5.92 Å². The first-order chi connectivity index (χ1) is 11.7. The van der Waals surface area contributed by atoms with Crippen molar-refractivity contribution in [1.82, 2.24) is 20.4 Å². The summed E-state index contributed by atoms with van der Waals surface area (Å²) in [6.07, 6.45) is 1.93. The number of amides is 1. The zero-order valence-electron chi connectivity index (χ0n) is 13.7. The van der Waals surface area contributed by atoms with Crippen LogP contribution in [0.2, 0.25) is 5.02 Å². The molecule has 1 aromatic heterocycles. The van der Waals surface area contributed by atoms with Gasteiger partial charge in [0.15, 0.2) is 0 Å². The second kappa shape index (κ2) is 7.77. The minimum absolute atomic E-state index is 0.0392. The van der Waals surface area contributed by atoms with Gasteiger partial charge in [0.25, 0.3) is 0 Å². The minimum Gasteiger partial charge on any atom is -0.356 e. The molecule has 0 bridgehead atoms. The monoisotopic (exact) mass is 348 g/mol. The van der Waals surface area contributed by atoms with Gasteiger partial charge in [0.05, 0.1) is 12.5 Å². The van der Waals surface area contributed by atoms with Gasteiger partial charge in [-0.15, -0.1) is 0 Å². The lowest BCUT2D eigenvalue weighted by molar-refractivity contribution is -0.126. The fourth-order valence-corrected chi connectivity index (χ4v) is 3.08. The second-order valence-corrected chi connectivity index (χ2v) is 6.42. The van der Waals surface area contributed by atoms with Gasteiger partial charge in [0.2, 0.25) is 17.6 Å². The molecule has 1 fully saturated rings. The van der Waals surface area contributed by atoms with Crippen molar-refractivity contribution in [1.29, 1.82) is 0 Å². The highest BCUT2D eigenvalue weighted by Crippen LogP contribution is 2.21. The van der Waals surface area contributed by atoms with Gasteiger partial charge in [-0.3, -0.25) is 9.69 Å². The summed E-state index contributed by atoms with van der Waals surface area (Å²) in [5.74, 6) is 1.29. The molecular formula is C17H21ClN4O2. The van der Waals surface area contributed by atoms with Gasteiger partial charge in [-0.05, 0) is 50.6 Å². The molecule has 1 aromatic carbocycles. The number of aromatic nitrogens is 2. The number of carbonyl (C=O) groups excluding carboxylic acids is 1. The molecule has 3 rings (SSSR count). The van der Waals surface area contributed by atoms with Crippen LogP contribution in [0.15, 0.2) is 28.8 Å². The van der Waals surface area contributed by atoms with Gasteiger partial charge in [-0.2, -0.15) is 4.98 Å². The fraction of sp³-hybridized carbons (Fsp3) is 0.471. The first-order valence-electron chi connectivity index (χ1n) is 8.24. The number of piperidine rings is 1. The second-order valence-electron chi connectivity index (χ2n) is 5.99. The van der Waals surface area contributed by atoms with Gasteiger partial charge in [-0.25, -0.2) is 0 Å². The van der Waals surface area contributed by atoms with E-state index in [-0.39, 0.29) is 11.8 Å². The molecule has 2 heterocycles. The third kappa shape index (κ3) is 4.13. The van der Waals surface area contributed by atoms with Crippen molar-refractivity contribution >= 4 is 17.5 Å². The minimum atomic E-state index is 0.0392. The molecule has 1 N–H and O–H groups in total. The summed E-state index contributed by atoms with van der Waals surface area (Å²) in [4.78, 5) is 18.7. The highest BCUT2D eigenvalue weighted by Gasteiger charge is 2.26. The van der Waals surface area contributed by atoms with Crippen molar-refractivity contribution in [3.63, 3.8) is 0 Å². The van der Waals surface area contributed by atoms with Crippen LogP contribution < -0.4 is 5.32 Å². The molecule has 6 nitrogen and oxygen atoms in total. The Morgan fingerprint density at radius 3 is 2.96 bits per heavy atom. The molecule has 2 aromatic rings. The smallest absolute Gasteiger partial charge is 0.241 e. The maximum Gasteiger partial charge on any atom is 0.241 e.